The first-order valence-electron chi connectivity index (χ1n) is 10.6. The van der Waals surface area contributed by atoms with Crippen molar-refractivity contribution in [2.24, 2.45) is 0 Å². The van der Waals surface area contributed by atoms with Crippen LogP contribution in [0.2, 0.25) is 0 Å². The van der Waals surface area contributed by atoms with Crippen LogP contribution in [0.3, 0.4) is 0 Å². The molecule has 6 heteroatoms. The van der Waals surface area contributed by atoms with Gasteiger partial charge in [0.05, 0.1) is 18.0 Å². The third-order valence-electron chi connectivity index (χ3n) is 5.77. The van der Waals surface area contributed by atoms with E-state index in [2.05, 4.69) is 0 Å². The van der Waals surface area contributed by atoms with Crippen LogP contribution in [0.4, 0.5) is 8.78 Å². The van der Waals surface area contributed by atoms with E-state index in [0.717, 1.165) is 46.1 Å². The number of hydrogen-bond donors (Lipinski definition) is 2. The Hall–Kier alpha value is -2.86. The fourth-order valence-corrected chi connectivity index (χ4v) is 4.16. The van der Waals surface area contributed by atoms with Crippen LogP contribution >= 0.6 is 0 Å². The minimum absolute atomic E-state index is 0.210. The summed E-state index contributed by atoms with van der Waals surface area (Å²) in [7, 11) is 0. The molecule has 2 atom stereocenters. The third-order valence-corrected chi connectivity index (χ3v) is 5.77. The van der Waals surface area contributed by atoms with E-state index in [0.29, 0.717) is 18.8 Å². The SMILES string of the molecule is O=C(O)C[C@@H](F)C[C@H](O)CCc1c(C2CC2)nc2ccccc2c1-c1ccc(F)cc1. The van der Waals surface area contributed by atoms with Crippen molar-refractivity contribution in [2.75, 3.05) is 0 Å². The Morgan fingerprint density at radius 3 is 2.52 bits per heavy atom. The van der Waals surface area contributed by atoms with E-state index in [9.17, 15) is 18.7 Å². The second-order valence-electron chi connectivity index (χ2n) is 8.27. The van der Waals surface area contributed by atoms with E-state index in [1.807, 2.05) is 24.3 Å². The number of rotatable bonds is 9. The van der Waals surface area contributed by atoms with Gasteiger partial charge in [0.1, 0.15) is 12.0 Å². The first-order chi connectivity index (χ1) is 14.9. The standard InChI is InChI=1S/C25H25F2NO3/c26-17-9-7-15(8-10-17)24-20-3-1-2-4-22(20)28-25(16-5-6-16)21(24)12-11-19(29)13-18(27)14-23(30)31/h1-4,7-10,16,18-19,29H,5-6,11-14H2,(H,30,31)/t18-,19+/m0/s1. The quantitative estimate of drug-likeness (QED) is 0.481. The second kappa shape index (κ2) is 9.10. The summed E-state index contributed by atoms with van der Waals surface area (Å²) in [4.78, 5) is 15.6. The molecule has 0 aliphatic heterocycles. The van der Waals surface area contributed by atoms with Crippen LogP contribution in [-0.4, -0.2) is 33.4 Å². The van der Waals surface area contributed by atoms with Gasteiger partial charge in [0.25, 0.3) is 0 Å². The maximum atomic E-state index is 13.8. The van der Waals surface area contributed by atoms with Crippen molar-refractivity contribution < 1.29 is 23.8 Å². The zero-order chi connectivity index (χ0) is 22.0. The number of aliphatic carboxylic acids is 1. The molecule has 1 heterocycles. The number of halogens is 2. The lowest BCUT2D eigenvalue weighted by atomic mass is 9.89. The summed E-state index contributed by atoms with van der Waals surface area (Å²) in [5.74, 6) is -1.17. The van der Waals surface area contributed by atoms with Crippen LogP contribution < -0.4 is 0 Å². The number of pyridine rings is 1. The number of carbonyl (C=O) groups is 1. The van der Waals surface area contributed by atoms with E-state index < -0.39 is 24.7 Å². The van der Waals surface area contributed by atoms with Gasteiger partial charge < -0.3 is 10.2 Å². The van der Waals surface area contributed by atoms with E-state index in [1.54, 1.807) is 12.1 Å². The number of alkyl halides is 1. The number of aliphatic hydroxyl groups is 1. The van der Waals surface area contributed by atoms with Gasteiger partial charge in [-0.2, -0.15) is 0 Å². The van der Waals surface area contributed by atoms with Gasteiger partial charge in [-0.25, -0.2) is 8.78 Å². The molecule has 1 fully saturated rings. The Kier molecular flexibility index (Phi) is 6.28. The predicted octanol–water partition coefficient (Wildman–Crippen LogP) is 5.41. The number of carboxylic acids is 1. The summed E-state index contributed by atoms with van der Waals surface area (Å²) < 4.78 is 27.4. The highest BCUT2D eigenvalue weighted by Gasteiger charge is 2.30. The van der Waals surface area contributed by atoms with Crippen LogP contribution in [0.5, 0.6) is 0 Å². The Bertz CT molecular complexity index is 1080. The van der Waals surface area contributed by atoms with Crippen LogP contribution in [0, 0.1) is 5.82 Å². The molecule has 4 rings (SSSR count). The molecule has 1 saturated carbocycles. The lowest BCUT2D eigenvalue weighted by molar-refractivity contribution is -0.138. The van der Waals surface area contributed by atoms with Crippen LogP contribution in [0.1, 0.15) is 49.3 Å². The maximum Gasteiger partial charge on any atom is 0.306 e. The summed E-state index contributed by atoms with van der Waals surface area (Å²) in [5.41, 5.74) is 4.72. The average Bonchev–Trinajstić information content (AvgIpc) is 3.56. The van der Waals surface area contributed by atoms with Crippen molar-refractivity contribution in [3.8, 4) is 11.1 Å². The van der Waals surface area contributed by atoms with E-state index in [1.165, 1.54) is 12.1 Å². The van der Waals surface area contributed by atoms with Crippen molar-refractivity contribution in [2.45, 2.75) is 56.7 Å². The number of carboxylic acid groups (broad SMARTS) is 1. The topological polar surface area (TPSA) is 70.4 Å². The van der Waals surface area contributed by atoms with Crippen LogP contribution in [-0.2, 0) is 11.2 Å². The van der Waals surface area contributed by atoms with E-state index in [-0.39, 0.29) is 12.2 Å². The fraction of sp³-hybridized carbons (Fsp3) is 0.360. The zero-order valence-corrected chi connectivity index (χ0v) is 17.1. The van der Waals surface area contributed by atoms with Crippen LogP contribution in [0.15, 0.2) is 48.5 Å². The average molecular weight is 425 g/mol. The molecule has 1 aromatic heterocycles. The largest absolute Gasteiger partial charge is 0.481 e. The fourth-order valence-electron chi connectivity index (χ4n) is 4.16. The minimum Gasteiger partial charge on any atom is -0.481 e. The Balaban J connectivity index is 1.71. The molecule has 4 nitrogen and oxygen atoms in total. The van der Waals surface area contributed by atoms with Gasteiger partial charge >= 0.3 is 5.97 Å². The number of nitrogens with zero attached hydrogens (tertiary/aromatic N) is 1. The molecular formula is C25H25F2NO3. The highest BCUT2D eigenvalue weighted by Crippen LogP contribution is 2.45. The van der Waals surface area contributed by atoms with Gasteiger partial charge in [-0.3, -0.25) is 9.78 Å². The molecule has 2 N–H and O–H groups in total. The first kappa shape index (κ1) is 21.4. The smallest absolute Gasteiger partial charge is 0.306 e. The summed E-state index contributed by atoms with van der Waals surface area (Å²) in [6, 6.07) is 14.2. The highest BCUT2D eigenvalue weighted by molar-refractivity contribution is 5.96. The number of aliphatic hydroxyl groups excluding tert-OH is 1. The molecule has 0 unspecified atom stereocenters. The number of hydrogen-bond acceptors (Lipinski definition) is 3. The van der Waals surface area contributed by atoms with Crippen LogP contribution in [0.25, 0.3) is 22.0 Å². The zero-order valence-electron chi connectivity index (χ0n) is 17.1. The van der Waals surface area contributed by atoms with Gasteiger partial charge in [-0.15, -0.1) is 0 Å². The Morgan fingerprint density at radius 2 is 1.84 bits per heavy atom. The van der Waals surface area contributed by atoms with Gasteiger partial charge in [-0.05, 0) is 60.6 Å². The predicted molar refractivity (Wildman–Crippen MR) is 115 cm³/mol. The summed E-state index contributed by atoms with van der Waals surface area (Å²) >= 11 is 0. The molecule has 1 aliphatic carbocycles. The molecule has 0 bridgehead atoms. The van der Waals surface area contributed by atoms with Crippen molar-refractivity contribution >= 4 is 16.9 Å². The maximum absolute atomic E-state index is 13.8. The van der Waals surface area contributed by atoms with Crippen molar-refractivity contribution in [3.63, 3.8) is 0 Å². The van der Waals surface area contributed by atoms with E-state index >= 15 is 0 Å². The number of benzene rings is 2. The van der Waals surface area contributed by atoms with Gasteiger partial charge in [-0.1, -0.05) is 30.3 Å². The Morgan fingerprint density at radius 1 is 1.13 bits per heavy atom. The van der Waals surface area contributed by atoms with Crippen molar-refractivity contribution in [1.82, 2.24) is 4.98 Å². The highest BCUT2D eigenvalue weighted by atomic mass is 19.1. The second-order valence-corrected chi connectivity index (χ2v) is 8.27. The lowest BCUT2D eigenvalue weighted by Gasteiger charge is -2.19. The third kappa shape index (κ3) is 5.07. The summed E-state index contributed by atoms with van der Waals surface area (Å²) in [6.45, 7) is 0. The minimum atomic E-state index is -1.58. The number of fused-ring (bicyclic) bond motifs is 1. The van der Waals surface area contributed by atoms with E-state index in [4.69, 9.17) is 10.1 Å². The monoisotopic (exact) mass is 425 g/mol. The molecular weight excluding hydrogens is 400 g/mol. The molecule has 3 aromatic rings. The molecule has 31 heavy (non-hydrogen) atoms. The molecule has 0 saturated heterocycles. The van der Waals surface area contributed by atoms with Crippen molar-refractivity contribution in [1.29, 1.82) is 0 Å². The molecule has 0 radical (unpaired) electrons. The van der Waals surface area contributed by atoms with Gasteiger partial charge in [0, 0.05) is 23.4 Å². The molecule has 2 aromatic carbocycles. The van der Waals surface area contributed by atoms with Crippen molar-refractivity contribution in [3.05, 3.63) is 65.6 Å². The summed E-state index contributed by atoms with van der Waals surface area (Å²) in [6.07, 6.45) is -0.466. The molecule has 162 valence electrons. The Labute approximate surface area is 179 Å². The molecule has 0 spiro atoms. The normalized spacial score (nSPS) is 15.7. The van der Waals surface area contributed by atoms with Gasteiger partial charge in [0.2, 0.25) is 0 Å². The lowest BCUT2D eigenvalue weighted by Crippen LogP contribution is -2.18. The molecule has 0 amide bonds. The summed E-state index contributed by atoms with van der Waals surface area (Å²) in [5, 5.41) is 20.0. The number of aromatic nitrogens is 1. The molecule has 1 aliphatic rings. The first-order valence-corrected chi connectivity index (χ1v) is 10.6. The van der Waals surface area contributed by atoms with Gasteiger partial charge in [0.15, 0.2) is 0 Å². The number of para-hydroxylation sites is 1.